The summed E-state index contributed by atoms with van der Waals surface area (Å²) in [6.07, 6.45) is 1.21. The number of carboxylic acid groups (broad SMARTS) is 1. The van der Waals surface area contributed by atoms with Crippen molar-refractivity contribution in [2.45, 2.75) is 6.54 Å². The first-order valence-corrected chi connectivity index (χ1v) is 3.82. The van der Waals surface area contributed by atoms with Crippen LogP contribution in [0.5, 0.6) is 0 Å². The van der Waals surface area contributed by atoms with Crippen LogP contribution in [-0.2, 0) is 6.54 Å². The van der Waals surface area contributed by atoms with E-state index in [9.17, 15) is 9.59 Å². The number of aromatic nitrogens is 5. The number of aromatic carboxylic acids is 1. The Kier molecular flexibility index (Phi) is 2.04. The van der Waals surface area contributed by atoms with Gasteiger partial charge in [-0.3, -0.25) is 0 Å². The standard InChI is InChI=1S/C6H5N5O4/c12-5(13)4-7-2-11(10-4)1-3-8-9-6(14)15-3/h2H,1H2,(H,9,14)(H,12,13). The first-order valence-electron chi connectivity index (χ1n) is 3.82. The second-order valence-electron chi connectivity index (χ2n) is 2.58. The van der Waals surface area contributed by atoms with Crippen molar-refractivity contribution in [2.24, 2.45) is 0 Å². The van der Waals surface area contributed by atoms with E-state index in [1.54, 1.807) is 0 Å². The fraction of sp³-hybridized carbons (Fsp3) is 0.167. The molecule has 0 saturated heterocycles. The topological polar surface area (TPSA) is 127 Å². The zero-order valence-corrected chi connectivity index (χ0v) is 7.25. The van der Waals surface area contributed by atoms with Crippen LogP contribution in [0.3, 0.4) is 0 Å². The highest BCUT2D eigenvalue weighted by molar-refractivity contribution is 5.82. The van der Waals surface area contributed by atoms with Crippen LogP contribution >= 0.6 is 0 Å². The number of hydrogen-bond donors (Lipinski definition) is 2. The summed E-state index contributed by atoms with van der Waals surface area (Å²) in [6, 6.07) is 0. The van der Waals surface area contributed by atoms with Crippen LogP contribution in [0.2, 0.25) is 0 Å². The molecule has 9 nitrogen and oxygen atoms in total. The van der Waals surface area contributed by atoms with E-state index in [2.05, 4.69) is 24.7 Å². The molecule has 2 aromatic heterocycles. The third kappa shape index (κ3) is 1.90. The molecule has 15 heavy (non-hydrogen) atoms. The molecule has 0 amide bonds. The van der Waals surface area contributed by atoms with Crippen molar-refractivity contribution >= 4 is 5.97 Å². The molecule has 0 aliphatic rings. The van der Waals surface area contributed by atoms with Crippen molar-refractivity contribution in [3.05, 3.63) is 28.6 Å². The number of nitrogens with one attached hydrogen (secondary N) is 1. The normalized spacial score (nSPS) is 10.4. The van der Waals surface area contributed by atoms with Gasteiger partial charge in [-0.2, -0.15) is 0 Å². The summed E-state index contributed by atoms with van der Waals surface area (Å²) in [5.74, 6) is -2.13. The Bertz CT molecular complexity index is 537. The molecule has 2 heterocycles. The quantitative estimate of drug-likeness (QED) is 0.645. The molecule has 0 aliphatic carbocycles. The number of rotatable bonds is 3. The molecule has 0 fully saturated rings. The third-order valence-electron chi connectivity index (χ3n) is 1.51. The van der Waals surface area contributed by atoms with E-state index >= 15 is 0 Å². The molecule has 0 bridgehead atoms. The Morgan fingerprint density at radius 1 is 1.67 bits per heavy atom. The van der Waals surface area contributed by atoms with Crippen LogP contribution < -0.4 is 5.76 Å². The second-order valence-corrected chi connectivity index (χ2v) is 2.58. The molecule has 0 atom stereocenters. The van der Waals surface area contributed by atoms with Gasteiger partial charge in [0.1, 0.15) is 12.9 Å². The summed E-state index contributed by atoms with van der Waals surface area (Å²) in [6.45, 7) is 0.0407. The van der Waals surface area contributed by atoms with Crippen LogP contribution in [0, 0.1) is 0 Å². The maximum absolute atomic E-state index is 10.6. The van der Waals surface area contributed by atoms with E-state index in [0.29, 0.717) is 0 Å². The van der Waals surface area contributed by atoms with Crippen LogP contribution in [0.4, 0.5) is 0 Å². The van der Waals surface area contributed by atoms with Crippen LogP contribution in [0.25, 0.3) is 0 Å². The lowest BCUT2D eigenvalue weighted by Gasteiger charge is -1.91. The molecular formula is C6H5N5O4. The van der Waals surface area contributed by atoms with Gasteiger partial charge in [-0.1, -0.05) is 0 Å². The van der Waals surface area contributed by atoms with Crippen LogP contribution in [-0.4, -0.2) is 36.0 Å². The lowest BCUT2D eigenvalue weighted by molar-refractivity contribution is 0.0683. The first-order chi connectivity index (χ1) is 7.15. The van der Waals surface area contributed by atoms with Crippen molar-refractivity contribution in [3.63, 3.8) is 0 Å². The molecular weight excluding hydrogens is 206 g/mol. The zero-order valence-electron chi connectivity index (χ0n) is 7.25. The number of carbonyl (C=O) groups is 1. The predicted molar refractivity (Wildman–Crippen MR) is 43.2 cm³/mol. The fourth-order valence-corrected chi connectivity index (χ4v) is 0.936. The van der Waals surface area contributed by atoms with Crippen LogP contribution in [0.1, 0.15) is 16.5 Å². The molecule has 2 rings (SSSR count). The van der Waals surface area contributed by atoms with E-state index < -0.39 is 11.7 Å². The minimum absolute atomic E-state index is 0.0407. The summed E-state index contributed by atoms with van der Waals surface area (Å²) in [5.41, 5.74) is 0. The number of H-pyrrole nitrogens is 1. The summed E-state index contributed by atoms with van der Waals surface area (Å²) >= 11 is 0. The minimum atomic E-state index is -1.22. The van der Waals surface area contributed by atoms with Gasteiger partial charge < -0.3 is 9.52 Å². The zero-order chi connectivity index (χ0) is 10.8. The van der Waals surface area contributed by atoms with Gasteiger partial charge in [-0.25, -0.2) is 24.4 Å². The Balaban J connectivity index is 2.17. The van der Waals surface area contributed by atoms with Crippen molar-refractivity contribution in [1.29, 1.82) is 0 Å². The highest BCUT2D eigenvalue weighted by atomic mass is 16.4. The van der Waals surface area contributed by atoms with E-state index in [-0.39, 0.29) is 18.3 Å². The lowest BCUT2D eigenvalue weighted by Crippen LogP contribution is -2.04. The molecule has 0 spiro atoms. The SMILES string of the molecule is O=C(O)c1ncn(Cc2n[nH]c(=O)o2)n1. The van der Waals surface area contributed by atoms with E-state index in [1.807, 2.05) is 0 Å². The molecule has 78 valence electrons. The number of carboxylic acids is 1. The minimum Gasteiger partial charge on any atom is -0.475 e. The first kappa shape index (κ1) is 9.12. The van der Waals surface area contributed by atoms with E-state index in [4.69, 9.17) is 5.11 Å². The van der Waals surface area contributed by atoms with Gasteiger partial charge in [0.05, 0.1) is 0 Å². The summed E-state index contributed by atoms with van der Waals surface area (Å²) in [4.78, 5) is 24.5. The molecule has 0 aliphatic heterocycles. The van der Waals surface area contributed by atoms with Crippen molar-refractivity contribution in [1.82, 2.24) is 25.0 Å². The van der Waals surface area contributed by atoms with Gasteiger partial charge >= 0.3 is 11.7 Å². The highest BCUT2D eigenvalue weighted by Crippen LogP contribution is 1.94. The molecule has 2 N–H and O–H groups in total. The summed E-state index contributed by atoms with van der Waals surface area (Å²) in [7, 11) is 0. The average Bonchev–Trinajstić information content (AvgIpc) is 2.76. The van der Waals surface area contributed by atoms with Crippen molar-refractivity contribution < 1.29 is 14.3 Å². The smallest absolute Gasteiger partial charge is 0.434 e. The maximum atomic E-state index is 10.6. The molecule has 0 radical (unpaired) electrons. The maximum Gasteiger partial charge on any atom is 0.434 e. The molecule has 0 saturated carbocycles. The molecule has 0 aromatic carbocycles. The van der Waals surface area contributed by atoms with Gasteiger partial charge in [0.2, 0.25) is 5.89 Å². The Hall–Kier alpha value is -2.45. The predicted octanol–water partition coefficient (Wildman–Crippen LogP) is -1.30. The summed E-state index contributed by atoms with van der Waals surface area (Å²) < 4.78 is 5.80. The van der Waals surface area contributed by atoms with E-state index in [1.165, 1.54) is 11.0 Å². The monoisotopic (exact) mass is 211 g/mol. The van der Waals surface area contributed by atoms with Gasteiger partial charge in [-0.15, -0.1) is 10.2 Å². The summed E-state index contributed by atoms with van der Waals surface area (Å²) in [5, 5.41) is 17.7. The molecule has 0 unspecified atom stereocenters. The molecule has 9 heteroatoms. The second kappa shape index (κ2) is 3.36. The highest BCUT2D eigenvalue weighted by Gasteiger charge is 2.10. The van der Waals surface area contributed by atoms with Gasteiger partial charge in [0.15, 0.2) is 0 Å². The van der Waals surface area contributed by atoms with Crippen molar-refractivity contribution in [2.75, 3.05) is 0 Å². The number of nitrogens with zero attached hydrogens (tertiary/aromatic N) is 4. The van der Waals surface area contributed by atoms with Gasteiger partial charge in [0, 0.05) is 0 Å². The number of aromatic amines is 1. The Morgan fingerprint density at radius 3 is 3.00 bits per heavy atom. The lowest BCUT2D eigenvalue weighted by atomic mass is 10.6. The van der Waals surface area contributed by atoms with Gasteiger partial charge in [-0.05, 0) is 0 Å². The largest absolute Gasteiger partial charge is 0.475 e. The number of hydrogen-bond acceptors (Lipinski definition) is 6. The fourth-order valence-electron chi connectivity index (χ4n) is 0.936. The van der Waals surface area contributed by atoms with Gasteiger partial charge in [0.25, 0.3) is 5.82 Å². The van der Waals surface area contributed by atoms with E-state index in [0.717, 1.165) is 0 Å². The van der Waals surface area contributed by atoms with Crippen LogP contribution in [0.15, 0.2) is 15.5 Å². The Morgan fingerprint density at radius 2 is 2.47 bits per heavy atom. The Labute approximate surface area is 81.4 Å². The van der Waals surface area contributed by atoms with Crippen molar-refractivity contribution in [3.8, 4) is 0 Å². The average molecular weight is 211 g/mol. The third-order valence-corrected chi connectivity index (χ3v) is 1.51. The molecule has 2 aromatic rings.